The number of nitrogens with two attached hydrogens (primary N) is 1. The molecule has 1 heterocycles. The Labute approximate surface area is 169 Å². The second-order valence-electron chi connectivity index (χ2n) is 7.50. The van der Waals surface area contributed by atoms with Crippen LogP contribution in [0.3, 0.4) is 0 Å². The van der Waals surface area contributed by atoms with Crippen molar-refractivity contribution >= 4 is 17.8 Å². The van der Waals surface area contributed by atoms with Crippen LogP contribution in [-0.2, 0) is 17.9 Å². The van der Waals surface area contributed by atoms with Crippen LogP contribution in [0.2, 0.25) is 0 Å². The van der Waals surface area contributed by atoms with E-state index in [1.165, 1.54) is 17.0 Å². The van der Waals surface area contributed by atoms with Gasteiger partial charge in [0.2, 0.25) is 5.91 Å². The lowest BCUT2D eigenvalue weighted by Gasteiger charge is -2.30. The van der Waals surface area contributed by atoms with Gasteiger partial charge in [-0.25, -0.2) is 9.38 Å². The molecule has 2 aromatic rings. The van der Waals surface area contributed by atoms with Gasteiger partial charge in [0.05, 0.1) is 19.0 Å². The smallest absolute Gasteiger partial charge is 0.251 e. The zero-order valence-electron chi connectivity index (χ0n) is 16.6. The molecule has 0 saturated heterocycles. The van der Waals surface area contributed by atoms with Crippen LogP contribution in [0.25, 0.3) is 0 Å². The molecule has 6 nitrogen and oxygen atoms in total. The first-order valence-corrected chi connectivity index (χ1v) is 9.58. The van der Waals surface area contributed by atoms with E-state index in [1.807, 2.05) is 44.2 Å². The van der Waals surface area contributed by atoms with Crippen LogP contribution < -0.4 is 11.1 Å². The Hall–Kier alpha value is -3.22. The van der Waals surface area contributed by atoms with E-state index >= 15 is 0 Å². The Kier molecular flexibility index (Phi) is 6.26. The zero-order chi connectivity index (χ0) is 21.0. The number of benzene rings is 2. The van der Waals surface area contributed by atoms with E-state index in [0.29, 0.717) is 12.1 Å². The highest BCUT2D eigenvalue weighted by atomic mass is 19.1. The predicted molar refractivity (Wildman–Crippen MR) is 109 cm³/mol. The summed E-state index contributed by atoms with van der Waals surface area (Å²) in [4.78, 5) is 30.6. The predicted octanol–water partition coefficient (Wildman–Crippen LogP) is 2.83. The summed E-state index contributed by atoms with van der Waals surface area (Å²) in [6.45, 7) is 4.37. The average molecular weight is 396 g/mol. The van der Waals surface area contributed by atoms with Crippen molar-refractivity contribution in [2.24, 2.45) is 16.6 Å². The Balaban J connectivity index is 1.73. The van der Waals surface area contributed by atoms with E-state index in [2.05, 4.69) is 10.3 Å². The van der Waals surface area contributed by atoms with Gasteiger partial charge in [-0.2, -0.15) is 0 Å². The molecular formula is C22H25FN4O2. The highest BCUT2D eigenvalue weighted by Crippen LogP contribution is 2.20. The molecule has 1 aliphatic rings. The van der Waals surface area contributed by atoms with Gasteiger partial charge in [-0.1, -0.05) is 44.2 Å². The number of halogens is 1. The third-order valence-electron chi connectivity index (χ3n) is 4.89. The lowest BCUT2D eigenvalue weighted by atomic mass is 9.99. The molecule has 0 fully saturated rings. The molecule has 152 valence electrons. The number of nitrogens with one attached hydrogen (secondary N) is 1. The summed E-state index contributed by atoms with van der Waals surface area (Å²) in [5.41, 5.74) is 7.59. The van der Waals surface area contributed by atoms with Crippen LogP contribution >= 0.6 is 0 Å². The monoisotopic (exact) mass is 396 g/mol. The van der Waals surface area contributed by atoms with Gasteiger partial charge in [-0.05, 0) is 35.2 Å². The summed E-state index contributed by atoms with van der Waals surface area (Å²) in [5, 5.41) is 2.77. The fourth-order valence-corrected chi connectivity index (χ4v) is 3.19. The van der Waals surface area contributed by atoms with Gasteiger partial charge in [0.1, 0.15) is 5.82 Å². The molecule has 2 amide bonds. The zero-order valence-corrected chi connectivity index (χ0v) is 16.6. The van der Waals surface area contributed by atoms with E-state index in [-0.39, 0.29) is 48.3 Å². The fourth-order valence-electron chi connectivity index (χ4n) is 3.19. The molecule has 0 spiro atoms. The molecule has 7 heteroatoms. The molecule has 2 aromatic carbocycles. The number of carbonyl (C=O) groups excluding carboxylic acids is 2. The van der Waals surface area contributed by atoms with Gasteiger partial charge in [-0.3, -0.25) is 14.5 Å². The highest BCUT2D eigenvalue weighted by Gasteiger charge is 2.29. The molecule has 0 radical (unpaired) electrons. The van der Waals surface area contributed by atoms with Crippen molar-refractivity contribution < 1.29 is 14.0 Å². The molecule has 0 aromatic heterocycles. The molecule has 3 rings (SSSR count). The number of aliphatic imine (C=N–C) groups is 1. The minimum atomic E-state index is -0.549. The molecule has 29 heavy (non-hydrogen) atoms. The molecular weight excluding hydrogens is 371 g/mol. The van der Waals surface area contributed by atoms with Crippen molar-refractivity contribution in [3.8, 4) is 0 Å². The summed E-state index contributed by atoms with van der Waals surface area (Å²) >= 11 is 0. The van der Waals surface area contributed by atoms with Crippen molar-refractivity contribution in [1.29, 1.82) is 0 Å². The number of hydrogen-bond acceptors (Lipinski definition) is 4. The molecule has 1 unspecified atom stereocenters. The van der Waals surface area contributed by atoms with Crippen molar-refractivity contribution in [2.45, 2.75) is 39.4 Å². The minimum absolute atomic E-state index is 0.0652. The first-order valence-electron chi connectivity index (χ1n) is 9.58. The SMILES string of the molecule is CC(C)C1CC(=O)N(Cc2cc(F)cc(C(=O)NCc3ccccc3)c2)C(N)=N1. The number of rotatable bonds is 6. The molecule has 0 bridgehead atoms. The summed E-state index contributed by atoms with van der Waals surface area (Å²) in [6.07, 6.45) is 0.262. The van der Waals surface area contributed by atoms with Gasteiger partial charge < -0.3 is 11.1 Å². The van der Waals surface area contributed by atoms with Gasteiger partial charge in [0, 0.05) is 12.1 Å². The van der Waals surface area contributed by atoms with E-state index in [9.17, 15) is 14.0 Å². The van der Waals surface area contributed by atoms with Crippen LogP contribution in [0.15, 0.2) is 53.5 Å². The third-order valence-corrected chi connectivity index (χ3v) is 4.89. The Morgan fingerprint density at radius 1 is 1.24 bits per heavy atom. The van der Waals surface area contributed by atoms with Gasteiger partial charge >= 0.3 is 0 Å². The van der Waals surface area contributed by atoms with Gasteiger partial charge in [0.25, 0.3) is 5.91 Å². The van der Waals surface area contributed by atoms with Crippen molar-refractivity contribution in [3.05, 3.63) is 71.0 Å². The van der Waals surface area contributed by atoms with Gasteiger partial charge in [0.15, 0.2) is 5.96 Å². The maximum Gasteiger partial charge on any atom is 0.251 e. The molecule has 3 N–H and O–H groups in total. The van der Waals surface area contributed by atoms with Crippen LogP contribution in [0.5, 0.6) is 0 Å². The number of amides is 2. The van der Waals surface area contributed by atoms with E-state index < -0.39 is 5.82 Å². The maximum atomic E-state index is 14.1. The lowest BCUT2D eigenvalue weighted by molar-refractivity contribution is -0.129. The third kappa shape index (κ3) is 5.19. The number of nitrogens with zero attached hydrogens (tertiary/aromatic N) is 2. The largest absolute Gasteiger partial charge is 0.369 e. The van der Waals surface area contributed by atoms with Gasteiger partial charge in [-0.15, -0.1) is 0 Å². The second-order valence-corrected chi connectivity index (χ2v) is 7.50. The Bertz CT molecular complexity index is 928. The lowest BCUT2D eigenvalue weighted by Crippen LogP contribution is -2.47. The van der Waals surface area contributed by atoms with Crippen LogP contribution in [-0.4, -0.2) is 28.7 Å². The summed E-state index contributed by atoms with van der Waals surface area (Å²) < 4.78 is 14.1. The molecule has 0 saturated carbocycles. The number of carbonyl (C=O) groups is 2. The molecule has 0 aliphatic carbocycles. The standard InChI is InChI=1S/C22H25FN4O2/c1-14(2)19-11-20(28)27(22(24)26-19)13-16-8-17(10-18(23)9-16)21(29)25-12-15-6-4-3-5-7-15/h3-10,14,19H,11-13H2,1-2H3,(H2,24,26)(H,25,29). The fraction of sp³-hybridized carbons (Fsp3) is 0.318. The Morgan fingerprint density at radius 3 is 2.62 bits per heavy atom. The summed E-state index contributed by atoms with van der Waals surface area (Å²) in [6, 6.07) is 13.3. The molecule has 1 atom stereocenters. The first kappa shape index (κ1) is 20.5. The van der Waals surface area contributed by atoms with Crippen LogP contribution in [0.1, 0.15) is 41.8 Å². The topological polar surface area (TPSA) is 87.8 Å². The number of guanidine groups is 1. The van der Waals surface area contributed by atoms with E-state index in [1.54, 1.807) is 6.07 Å². The normalized spacial score (nSPS) is 16.7. The van der Waals surface area contributed by atoms with Crippen molar-refractivity contribution in [1.82, 2.24) is 10.2 Å². The van der Waals surface area contributed by atoms with E-state index in [4.69, 9.17) is 5.73 Å². The van der Waals surface area contributed by atoms with Crippen LogP contribution in [0.4, 0.5) is 4.39 Å². The summed E-state index contributed by atoms with van der Waals surface area (Å²) in [7, 11) is 0. The van der Waals surface area contributed by atoms with Crippen molar-refractivity contribution in [2.75, 3.05) is 0 Å². The molecule has 1 aliphatic heterocycles. The first-order chi connectivity index (χ1) is 13.8. The summed E-state index contributed by atoms with van der Waals surface area (Å²) in [5.74, 6) is -0.767. The number of hydrogen-bond donors (Lipinski definition) is 2. The van der Waals surface area contributed by atoms with E-state index in [0.717, 1.165) is 5.56 Å². The second kappa shape index (κ2) is 8.86. The maximum absolute atomic E-state index is 14.1. The minimum Gasteiger partial charge on any atom is -0.369 e. The highest BCUT2D eigenvalue weighted by molar-refractivity contribution is 5.98. The Morgan fingerprint density at radius 2 is 1.97 bits per heavy atom. The van der Waals surface area contributed by atoms with Crippen molar-refractivity contribution in [3.63, 3.8) is 0 Å². The van der Waals surface area contributed by atoms with Crippen LogP contribution in [0, 0.1) is 11.7 Å². The quantitative estimate of drug-likeness (QED) is 0.787. The average Bonchev–Trinajstić information content (AvgIpc) is 2.69.